The van der Waals surface area contributed by atoms with Gasteiger partial charge in [0.1, 0.15) is 0 Å². The van der Waals surface area contributed by atoms with Crippen LogP contribution in [0.3, 0.4) is 0 Å². The fourth-order valence-corrected chi connectivity index (χ4v) is 2.09. The van der Waals surface area contributed by atoms with E-state index in [-0.39, 0.29) is 6.04 Å². The molecule has 1 aliphatic carbocycles. The van der Waals surface area contributed by atoms with Gasteiger partial charge in [0.25, 0.3) is 0 Å². The first-order valence-electron chi connectivity index (χ1n) is 5.13. The van der Waals surface area contributed by atoms with Crippen molar-refractivity contribution in [3.8, 4) is 0 Å². The van der Waals surface area contributed by atoms with Crippen molar-refractivity contribution in [2.24, 2.45) is 5.73 Å². The normalized spacial score (nSPS) is 19.7. The Balaban J connectivity index is 2.64. The molecule has 15 heavy (non-hydrogen) atoms. The van der Waals surface area contributed by atoms with Gasteiger partial charge in [-0.2, -0.15) is 0 Å². The molecule has 1 aromatic rings. The first-order valence-corrected chi connectivity index (χ1v) is 5.13. The first-order chi connectivity index (χ1) is 7.29. The fraction of sp³-hybridized carbons (Fsp3) is 0.143. The van der Waals surface area contributed by atoms with Gasteiger partial charge in [0.15, 0.2) is 0 Å². The van der Waals surface area contributed by atoms with Crippen molar-refractivity contribution < 1.29 is 0 Å². The van der Waals surface area contributed by atoms with Crippen LogP contribution in [0.5, 0.6) is 0 Å². The average molecular weight is 197 g/mol. The number of rotatable bonds is 2. The zero-order valence-electron chi connectivity index (χ0n) is 8.90. The third-order valence-corrected chi connectivity index (χ3v) is 2.79. The number of benzene rings is 1. The summed E-state index contributed by atoms with van der Waals surface area (Å²) in [6, 6.07) is 8.24. The van der Waals surface area contributed by atoms with E-state index in [1.807, 2.05) is 31.2 Å². The molecule has 0 aliphatic heterocycles. The van der Waals surface area contributed by atoms with Gasteiger partial charge in [-0.3, -0.25) is 0 Å². The number of hydrogen-bond acceptors (Lipinski definition) is 1. The maximum Gasteiger partial charge on any atom is 0.0563 e. The molecule has 1 nitrogen and oxygen atoms in total. The Hall–Kier alpha value is -1.60. The van der Waals surface area contributed by atoms with E-state index in [1.54, 1.807) is 0 Å². The van der Waals surface area contributed by atoms with Crippen LogP contribution in [0.25, 0.3) is 5.57 Å². The minimum atomic E-state index is -0.0232. The molecule has 1 heteroatoms. The van der Waals surface area contributed by atoms with Crippen LogP contribution in [0, 0.1) is 0 Å². The highest BCUT2D eigenvalue weighted by atomic mass is 14.7. The molecule has 0 spiro atoms. The highest BCUT2D eigenvalue weighted by molar-refractivity contribution is 5.85. The van der Waals surface area contributed by atoms with Crippen LogP contribution >= 0.6 is 0 Å². The molecular weight excluding hydrogens is 182 g/mol. The summed E-state index contributed by atoms with van der Waals surface area (Å²) < 4.78 is 0. The quantitative estimate of drug-likeness (QED) is 0.774. The summed E-state index contributed by atoms with van der Waals surface area (Å²) >= 11 is 0. The molecule has 1 atom stereocenters. The van der Waals surface area contributed by atoms with Crippen molar-refractivity contribution in [1.82, 2.24) is 0 Å². The molecule has 0 bridgehead atoms. The molecule has 0 heterocycles. The lowest BCUT2D eigenvalue weighted by atomic mass is 10.0. The zero-order chi connectivity index (χ0) is 10.8. The summed E-state index contributed by atoms with van der Waals surface area (Å²) in [7, 11) is 0. The lowest BCUT2D eigenvalue weighted by Crippen LogP contribution is -2.08. The molecule has 0 fully saturated rings. The maximum absolute atomic E-state index is 6.16. The van der Waals surface area contributed by atoms with Gasteiger partial charge < -0.3 is 5.73 Å². The molecule has 1 aliphatic rings. The Morgan fingerprint density at radius 3 is 2.73 bits per heavy atom. The summed E-state index contributed by atoms with van der Waals surface area (Å²) in [5.41, 5.74) is 10.9. The topological polar surface area (TPSA) is 26.0 Å². The third kappa shape index (κ3) is 1.45. The predicted molar refractivity (Wildman–Crippen MR) is 65.3 cm³/mol. The average Bonchev–Trinajstić information content (AvgIpc) is 2.54. The molecule has 0 amide bonds. The van der Waals surface area contributed by atoms with E-state index in [0.29, 0.717) is 0 Å². The van der Waals surface area contributed by atoms with Gasteiger partial charge in [0.2, 0.25) is 0 Å². The van der Waals surface area contributed by atoms with E-state index in [9.17, 15) is 0 Å². The number of fused-ring (bicyclic) bond motifs is 1. The molecule has 1 unspecified atom stereocenters. The van der Waals surface area contributed by atoms with Crippen molar-refractivity contribution >= 4 is 5.57 Å². The second-order valence-electron chi connectivity index (χ2n) is 3.64. The Labute approximate surface area is 90.6 Å². The highest BCUT2D eigenvalue weighted by Crippen LogP contribution is 2.39. The van der Waals surface area contributed by atoms with Gasteiger partial charge in [-0.15, -0.1) is 0 Å². The van der Waals surface area contributed by atoms with E-state index >= 15 is 0 Å². The van der Waals surface area contributed by atoms with Crippen molar-refractivity contribution in [2.75, 3.05) is 0 Å². The standard InChI is InChI=1S/C14H15N/c1-3-7-11-10(4-2)14(15)13-9-6-5-8-12(11)13/h3-9,14H,2,15H2,1H3/b7-3-. The van der Waals surface area contributed by atoms with E-state index in [4.69, 9.17) is 5.73 Å². The maximum atomic E-state index is 6.16. The molecule has 76 valence electrons. The van der Waals surface area contributed by atoms with E-state index in [2.05, 4.69) is 24.8 Å². The molecule has 2 rings (SSSR count). The molecule has 0 saturated carbocycles. The Kier molecular flexibility index (Phi) is 2.57. The van der Waals surface area contributed by atoms with Crippen LogP contribution in [0.15, 0.2) is 54.6 Å². The van der Waals surface area contributed by atoms with Crippen LogP contribution in [-0.4, -0.2) is 0 Å². The van der Waals surface area contributed by atoms with Crippen molar-refractivity contribution in [3.05, 3.63) is 65.8 Å². The summed E-state index contributed by atoms with van der Waals surface area (Å²) in [6.07, 6.45) is 6.00. The Morgan fingerprint density at radius 2 is 2.07 bits per heavy atom. The number of nitrogens with two attached hydrogens (primary N) is 1. The van der Waals surface area contributed by atoms with Gasteiger partial charge in [-0.25, -0.2) is 0 Å². The lowest BCUT2D eigenvalue weighted by Gasteiger charge is -2.06. The van der Waals surface area contributed by atoms with Crippen molar-refractivity contribution in [1.29, 1.82) is 0 Å². The lowest BCUT2D eigenvalue weighted by molar-refractivity contribution is 0.893. The fourth-order valence-electron chi connectivity index (χ4n) is 2.09. The molecular formula is C14H15N. The van der Waals surface area contributed by atoms with Crippen LogP contribution in [0.4, 0.5) is 0 Å². The van der Waals surface area contributed by atoms with E-state index < -0.39 is 0 Å². The molecule has 2 N–H and O–H groups in total. The second-order valence-corrected chi connectivity index (χ2v) is 3.64. The Morgan fingerprint density at radius 1 is 1.33 bits per heavy atom. The van der Waals surface area contributed by atoms with Crippen LogP contribution < -0.4 is 5.73 Å². The zero-order valence-corrected chi connectivity index (χ0v) is 8.90. The largest absolute Gasteiger partial charge is 0.320 e. The van der Waals surface area contributed by atoms with E-state index in [0.717, 1.165) is 5.57 Å². The highest BCUT2D eigenvalue weighted by Gasteiger charge is 2.24. The number of hydrogen-bond donors (Lipinski definition) is 1. The summed E-state index contributed by atoms with van der Waals surface area (Å²) in [5, 5.41) is 0. The summed E-state index contributed by atoms with van der Waals surface area (Å²) in [4.78, 5) is 0. The third-order valence-electron chi connectivity index (χ3n) is 2.79. The van der Waals surface area contributed by atoms with Crippen molar-refractivity contribution in [3.63, 3.8) is 0 Å². The number of allylic oxidation sites excluding steroid dienone is 3. The van der Waals surface area contributed by atoms with Gasteiger partial charge in [0.05, 0.1) is 6.04 Å². The predicted octanol–water partition coefficient (Wildman–Crippen LogP) is 3.22. The van der Waals surface area contributed by atoms with Crippen LogP contribution in [-0.2, 0) is 0 Å². The smallest absolute Gasteiger partial charge is 0.0563 e. The minimum Gasteiger partial charge on any atom is -0.320 e. The monoisotopic (exact) mass is 197 g/mol. The van der Waals surface area contributed by atoms with E-state index in [1.165, 1.54) is 16.7 Å². The molecule has 0 radical (unpaired) electrons. The van der Waals surface area contributed by atoms with Gasteiger partial charge >= 0.3 is 0 Å². The first kappa shape index (κ1) is 9.94. The second kappa shape index (κ2) is 3.87. The van der Waals surface area contributed by atoms with Crippen LogP contribution in [0.1, 0.15) is 24.1 Å². The minimum absolute atomic E-state index is 0.0232. The van der Waals surface area contributed by atoms with Crippen LogP contribution in [0.2, 0.25) is 0 Å². The Bertz CT molecular complexity index is 452. The summed E-state index contributed by atoms with van der Waals surface area (Å²) in [5.74, 6) is 0. The van der Waals surface area contributed by atoms with Gasteiger partial charge in [-0.1, -0.05) is 49.1 Å². The molecule has 0 saturated heterocycles. The van der Waals surface area contributed by atoms with Gasteiger partial charge in [0, 0.05) is 0 Å². The SMILES string of the molecule is C=CC1=C(/C=C\C)c2ccccc2C1N. The van der Waals surface area contributed by atoms with Gasteiger partial charge in [-0.05, 0) is 29.2 Å². The summed E-state index contributed by atoms with van der Waals surface area (Å²) in [6.45, 7) is 5.85. The van der Waals surface area contributed by atoms with Crippen molar-refractivity contribution in [2.45, 2.75) is 13.0 Å². The molecule has 0 aromatic heterocycles. The molecule has 1 aromatic carbocycles.